The minimum Gasteiger partial charge on any atom is -0.322 e. The van der Waals surface area contributed by atoms with Crippen LogP contribution in [0.3, 0.4) is 0 Å². The van der Waals surface area contributed by atoms with Crippen LogP contribution in [0.2, 0.25) is 0 Å². The van der Waals surface area contributed by atoms with E-state index < -0.39 is 4.92 Å². The molecular weight excluding hydrogens is 284 g/mol. The van der Waals surface area contributed by atoms with Crippen molar-refractivity contribution in [3.63, 3.8) is 0 Å². The number of aryl methyl sites for hydroxylation is 3. The molecule has 2 rings (SSSR count). The molecule has 22 heavy (non-hydrogen) atoms. The second kappa shape index (κ2) is 5.97. The fourth-order valence-electron chi connectivity index (χ4n) is 2.42. The maximum Gasteiger partial charge on any atom is 0.269 e. The van der Waals surface area contributed by atoms with Crippen LogP contribution in [0.15, 0.2) is 18.2 Å². The zero-order chi connectivity index (χ0) is 16.4. The summed E-state index contributed by atoms with van der Waals surface area (Å²) < 4.78 is 1.77. The first-order valence-corrected chi connectivity index (χ1v) is 6.95. The molecule has 0 aliphatic heterocycles. The van der Waals surface area contributed by atoms with Crippen LogP contribution in [0.5, 0.6) is 0 Å². The molecule has 7 heteroatoms. The van der Waals surface area contributed by atoms with E-state index in [1.54, 1.807) is 24.6 Å². The van der Waals surface area contributed by atoms with E-state index in [0.29, 0.717) is 29.1 Å². The quantitative estimate of drug-likeness (QED) is 0.694. The van der Waals surface area contributed by atoms with Crippen molar-refractivity contribution in [2.24, 2.45) is 0 Å². The first-order valence-electron chi connectivity index (χ1n) is 6.95. The Balaban J connectivity index is 2.30. The van der Waals surface area contributed by atoms with Gasteiger partial charge in [0.15, 0.2) is 0 Å². The Morgan fingerprint density at radius 3 is 2.55 bits per heavy atom. The molecule has 0 aliphatic carbocycles. The molecule has 0 aliphatic rings. The van der Waals surface area contributed by atoms with E-state index in [4.69, 9.17) is 0 Å². The molecule has 1 aromatic carbocycles. The summed E-state index contributed by atoms with van der Waals surface area (Å²) >= 11 is 0. The Morgan fingerprint density at radius 1 is 1.36 bits per heavy atom. The van der Waals surface area contributed by atoms with E-state index in [0.717, 1.165) is 5.69 Å². The summed E-state index contributed by atoms with van der Waals surface area (Å²) in [5.74, 6) is -0.258. The van der Waals surface area contributed by atoms with Gasteiger partial charge in [0.25, 0.3) is 11.6 Å². The summed E-state index contributed by atoms with van der Waals surface area (Å²) in [4.78, 5) is 22.7. The van der Waals surface area contributed by atoms with Crippen molar-refractivity contribution >= 4 is 17.3 Å². The molecule has 7 nitrogen and oxygen atoms in total. The van der Waals surface area contributed by atoms with Gasteiger partial charge >= 0.3 is 0 Å². The lowest BCUT2D eigenvalue weighted by Gasteiger charge is -2.08. The van der Waals surface area contributed by atoms with Gasteiger partial charge in [-0.1, -0.05) is 0 Å². The van der Waals surface area contributed by atoms with Gasteiger partial charge in [0.1, 0.15) is 0 Å². The van der Waals surface area contributed by atoms with E-state index >= 15 is 0 Å². The van der Waals surface area contributed by atoms with Gasteiger partial charge in [0.2, 0.25) is 0 Å². The molecule has 0 saturated carbocycles. The minimum atomic E-state index is -0.460. The van der Waals surface area contributed by atoms with E-state index in [1.807, 2.05) is 13.8 Å². The highest BCUT2D eigenvalue weighted by atomic mass is 16.6. The third kappa shape index (κ3) is 2.83. The zero-order valence-electron chi connectivity index (χ0n) is 13.0. The van der Waals surface area contributed by atoms with Crippen molar-refractivity contribution < 1.29 is 9.72 Å². The van der Waals surface area contributed by atoms with Crippen LogP contribution in [-0.2, 0) is 6.54 Å². The molecule has 0 atom stereocenters. The molecule has 0 fully saturated rings. The van der Waals surface area contributed by atoms with Gasteiger partial charge in [-0.2, -0.15) is 5.10 Å². The van der Waals surface area contributed by atoms with Crippen LogP contribution in [0, 0.1) is 30.9 Å². The van der Waals surface area contributed by atoms with Crippen LogP contribution in [-0.4, -0.2) is 20.6 Å². The molecule has 1 amide bonds. The Labute approximate surface area is 128 Å². The molecule has 1 heterocycles. The number of anilines is 1. The zero-order valence-corrected chi connectivity index (χ0v) is 13.0. The summed E-state index contributed by atoms with van der Waals surface area (Å²) in [6, 6.07) is 4.35. The maximum atomic E-state index is 12.5. The van der Waals surface area contributed by atoms with Crippen molar-refractivity contribution in [1.29, 1.82) is 0 Å². The summed E-state index contributed by atoms with van der Waals surface area (Å²) in [6.45, 7) is 8.01. The summed E-state index contributed by atoms with van der Waals surface area (Å²) in [5.41, 5.74) is 3.20. The van der Waals surface area contributed by atoms with Crippen LogP contribution in [0.4, 0.5) is 11.4 Å². The fraction of sp³-hybridized carbons (Fsp3) is 0.333. The molecule has 2 aromatic rings. The molecule has 1 N–H and O–H groups in total. The smallest absolute Gasteiger partial charge is 0.269 e. The molecule has 0 saturated heterocycles. The third-order valence-electron chi connectivity index (χ3n) is 3.58. The normalized spacial score (nSPS) is 10.5. The summed E-state index contributed by atoms with van der Waals surface area (Å²) in [7, 11) is 0. The number of nitro benzene ring substituents is 1. The first-order chi connectivity index (χ1) is 10.3. The monoisotopic (exact) mass is 302 g/mol. The standard InChI is InChI=1S/C15H18N4O3/c1-5-18-11(4)14(10(3)17-18)15(20)16-13-7-6-12(19(21)22)8-9(13)2/h6-8H,5H2,1-4H3,(H,16,20). The number of benzene rings is 1. The third-order valence-corrected chi connectivity index (χ3v) is 3.58. The van der Waals surface area contributed by atoms with Crippen LogP contribution in [0.1, 0.15) is 34.2 Å². The fourth-order valence-corrected chi connectivity index (χ4v) is 2.42. The first kappa shape index (κ1) is 15.7. The van der Waals surface area contributed by atoms with Gasteiger partial charge in [0.05, 0.1) is 16.2 Å². The number of rotatable bonds is 4. The average molecular weight is 302 g/mol. The average Bonchev–Trinajstić information content (AvgIpc) is 2.75. The number of non-ortho nitro benzene ring substituents is 1. The number of nitrogens with zero attached hydrogens (tertiary/aromatic N) is 3. The molecular formula is C15H18N4O3. The Bertz CT molecular complexity index is 749. The Morgan fingerprint density at radius 2 is 2.05 bits per heavy atom. The number of hydrogen-bond acceptors (Lipinski definition) is 4. The lowest BCUT2D eigenvalue weighted by atomic mass is 10.1. The number of carbonyl (C=O) groups excluding carboxylic acids is 1. The second-order valence-corrected chi connectivity index (χ2v) is 5.07. The molecule has 0 unspecified atom stereocenters. The van der Waals surface area contributed by atoms with E-state index in [1.165, 1.54) is 12.1 Å². The van der Waals surface area contributed by atoms with Gasteiger partial charge in [-0.25, -0.2) is 0 Å². The van der Waals surface area contributed by atoms with Crippen molar-refractivity contribution in [1.82, 2.24) is 9.78 Å². The van der Waals surface area contributed by atoms with Gasteiger partial charge in [-0.05, 0) is 39.3 Å². The van der Waals surface area contributed by atoms with Crippen LogP contribution < -0.4 is 5.32 Å². The van der Waals surface area contributed by atoms with Gasteiger partial charge < -0.3 is 5.32 Å². The van der Waals surface area contributed by atoms with Crippen molar-refractivity contribution in [2.75, 3.05) is 5.32 Å². The number of nitrogens with one attached hydrogen (secondary N) is 1. The maximum absolute atomic E-state index is 12.5. The topological polar surface area (TPSA) is 90.1 Å². The number of carbonyl (C=O) groups is 1. The van der Waals surface area contributed by atoms with Gasteiger partial charge in [-0.3, -0.25) is 19.6 Å². The van der Waals surface area contributed by atoms with Gasteiger partial charge in [0, 0.05) is 30.1 Å². The number of aromatic nitrogens is 2. The Kier molecular flexibility index (Phi) is 4.25. The van der Waals surface area contributed by atoms with Gasteiger partial charge in [-0.15, -0.1) is 0 Å². The van der Waals surface area contributed by atoms with Crippen molar-refractivity contribution in [3.05, 3.63) is 50.8 Å². The van der Waals surface area contributed by atoms with E-state index in [2.05, 4.69) is 10.4 Å². The van der Waals surface area contributed by atoms with Crippen molar-refractivity contribution in [2.45, 2.75) is 34.2 Å². The highest BCUT2D eigenvalue weighted by Gasteiger charge is 2.19. The highest BCUT2D eigenvalue weighted by Crippen LogP contribution is 2.23. The Hall–Kier alpha value is -2.70. The SMILES string of the molecule is CCn1nc(C)c(C(=O)Nc2ccc([N+](=O)[O-])cc2C)c1C. The number of hydrogen-bond donors (Lipinski definition) is 1. The largest absolute Gasteiger partial charge is 0.322 e. The lowest BCUT2D eigenvalue weighted by molar-refractivity contribution is -0.384. The van der Waals surface area contributed by atoms with E-state index in [9.17, 15) is 14.9 Å². The molecule has 1 aromatic heterocycles. The summed E-state index contributed by atoms with van der Waals surface area (Å²) in [6.07, 6.45) is 0. The lowest BCUT2D eigenvalue weighted by Crippen LogP contribution is -2.15. The van der Waals surface area contributed by atoms with E-state index in [-0.39, 0.29) is 11.6 Å². The predicted molar refractivity (Wildman–Crippen MR) is 83.2 cm³/mol. The van der Waals surface area contributed by atoms with Crippen LogP contribution >= 0.6 is 0 Å². The predicted octanol–water partition coefficient (Wildman–Crippen LogP) is 2.99. The second-order valence-electron chi connectivity index (χ2n) is 5.07. The number of nitro groups is 1. The number of amides is 1. The highest BCUT2D eigenvalue weighted by molar-refractivity contribution is 6.06. The molecule has 0 bridgehead atoms. The summed E-state index contributed by atoms with van der Waals surface area (Å²) in [5, 5.41) is 17.9. The molecule has 0 spiro atoms. The molecule has 0 radical (unpaired) electrons. The van der Waals surface area contributed by atoms with Crippen LogP contribution in [0.25, 0.3) is 0 Å². The molecule has 116 valence electrons. The van der Waals surface area contributed by atoms with Crippen molar-refractivity contribution in [3.8, 4) is 0 Å². The minimum absolute atomic E-state index is 0.00154.